The van der Waals surface area contributed by atoms with E-state index < -0.39 is 30.2 Å². The van der Waals surface area contributed by atoms with Gasteiger partial charge in [0.25, 0.3) is 5.91 Å². The van der Waals surface area contributed by atoms with Crippen LogP contribution in [0.15, 0.2) is 54.6 Å². The molecule has 2 aromatic carbocycles. The Morgan fingerprint density at radius 1 is 1.12 bits per heavy atom. The lowest BCUT2D eigenvalue weighted by Gasteiger charge is -2.16. The zero-order chi connectivity index (χ0) is 18.5. The molecule has 0 aromatic heterocycles. The van der Waals surface area contributed by atoms with Crippen molar-refractivity contribution >= 4 is 29.2 Å². The Kier molecular flexibility index (Phi) is 5.26. The number of halogens is 1. The molecule has 1 aliphatic rings. The molecule has 3 rings (SSSR count). The fraction of sp³-hybridized carbons (Fsp3) is 0.211. The average molecular weight is 356 g/mol. The lowest BCUT2D eigenvalue weighted by molar-refractivity contribution is -0.151. The van der Waals surface area contributed by atoms with Gasteiger partial charge in [0.2, 0.25) is 5.91 Å². The number of rotatable bonds is 5. The average Bonchev–Trinajstić information content (AvgIpc) is 3.04. The highest BCUT2D eigenvalue weighted by Crippen LogP contribution is 2.25. The molecule has 6 nitrogen and oxygen atoms in total. The predicted octanol–water partition coefficient (Wildman–Crippen LogP) is 2.36. The zero-order valence-corrected chi connectivity index (χ0v) is 13.9. The number of esters is 1. The smallest absolute Gasteiger partial charge is 0.311 e. The molecule has 1 heterocycles. The number of ether oxygens (including phenoxy) is 1. The van der Waals surface area contributed by atoms with Crippen molar-refractivity contribution in [3.63, 3.8) is 0 Å². The largest absolute Gasteiger partial charge is 0.455 e. The maximum atomic E-state index is 13.5. The molecule has 1 saturated heterocycles. The lowest BCUT2D eigenvalue weighted by Crippen LogP contribution is -2.28. The molecule has 1 fully saturated rings. The highest BCUT2D eigenvalue weighted by Gasteiger charge is 2.36. The van der Waals surface area contributed by atoms with Crippen LogP contribution in [0.3, 0.4) is 0 Å². The monoisotopic (exact) mass is 356 g/mol. The number of nitrogens with one attached hydrogen (secondary N) is 1. The van der Waals surface area contributed by atoms with Gasteiger partial charge in [0.1, 0.15) is 5.82 Å². The molecular weight excluding hydrogens is 339 g/mol. The molecule has 2 amide bonds. The fourth-order valence-electron chi connectivity index (χ4n) is 2.73. The highest BCUT2D eigenvalue weighted by atomic mass is 19.1. The number of para-hydroxylation sites is 2. The first-order chi connectivity index (χ1) is 12.5. The molecule has 0 saturated carbocycles. The Labute approximate surface area is 149 Å². The van der Waals surface area contributed by atoms with Crippen LogP contribution in [0.1, 0.15) is 6.42 Å². The summed E-state index contributed by atoms with van der Waals surface area (Å²) in [4.78, 5) is 37.6. The third-order valence-electron chi connectivity index (χ3n) is 4.02. The van der Waals surface area contributed by atoms with E-state index >= 15 is 0 Å². The molecule has 2 aromatic rings. The van der Waals surface area contributed by atoms with Crippen molar-refractivity contribution in [3.8, 4) is 0 Å². The van der Waals surface area contributed by atoms with E-state index in [0.29, 0.717) is 5.69 Å². The van der Waals surface area contributed by atoms with Crippen LogP contribution >= 0.6 is 0 Å². The van der Waals surface area contributed by atoms with Gasteiger partial charge in [0.05, 0.1) is 11.6 Å². The predicted molar refractivity (Wildman–Crippen MR) is 92.9 cm³/mol. The molecule has 0 spiro atoms. The van der Waals surface area contributed by atoms with Crippen LogP contribution in [0, 0.1) is 11.7 Å². The summed E-state index contributed by atoms with van der Waals surface area (Å²) in [7, 11) is 0. The topological polar surface area (TPSA) is 75.7 Å². The second kappa shape index (κ2) is 7.77. The van der Waals surface area contributed by atoms with E-state index in [1.165, 1.54) is 23.1 Å². The number of hydrogen-bond donors (Lipinski definition) is 1. The van der Waals surface area contributed by atoms with Gasteiger partial charge in [-0.05, 0) is 24.3 Å². The lowest BCUT2D eigenvalue weighted by atomic mass is 10.1. The standard InChI is InChI=1S/C19H17FN2O4/c20-15-8-4-5-9-16(15)21-17(23)12-26-19(25)13-10-18(24)22(11-13)14-6-2-1-3-7-14/h1-9,13H,10-12H2,(H,21,23)/t13-/m0/s1. The molecule has 0 aliphatic carbocycles. The van der Waals surface area contributed by atoms with Gasteiger partial charge < -0.3 is 15.0 Å². The summed E-state index contributed by atoms with van der Waals surface area (Å²) in [6.07, 6.45) is 0.0304. The van der Waals surface area contributed by atoms with Gasteiger partial charge in [0.15, 0.2) is 6.61 Å². The second-order valence-corrected chi connectivity index (χ2v) is 5.88. The summed E-state index contributed by atoms with van der Waals surface area (Å²) in [6, 6.07) is 14.7. The van der Waals surface area contributed by atoms with Crippen molar-refractivity contribution in [1.29, 1.82) is 0 Å². The van der Waals surface area contributed by atoms with Crippen molar-refractivity contribution in [2.75, 3.05) is 23.4 Å². The molecule has 1 atom stereocenters. The number of benzene rings is 2. The van der Waals surface area contributed by atoms with Crippen LogP contribution in [0.25, 0.3) is 0 Å². The van der Waals surface area contributed by atoms with E-state index in [-0.39, 0.29) is 24.6 Å². The number of carbonyl (C=O) groups excluding carboxylic acids is 3. The second-order valence-electron chi connectivity index (χ2n) is 5.88. The number of amides is 2. The van der Waals surface area contributed by atoms with Crippen molar-refractivity contribution in [1.82, 2.24) is 0 Å². The third kappa shape index (κ3) is 4.05. The minimum Gasteiger partial charge on any atom is -0.455 e. The third-order valence-corrected chi connectivity index (χ3v) is 4.02. The highest BCUT2D eigenvalue weighted by molar-refractivity contribution is 6.00. The van der Waals surface area contributed by atoms with Gasteiger partial charge in [0, 0.05) is 18.7 Å². The van der Waals surface area contributed by atoms with Gasteiger partial charge in [-0.15, -0.1) is 0 Å². The summed E-state index contributed by atoms with van der Waals surface area (Å²) >= 11 is 0. The summed E-state index contributed by atoms with van der Waals surface area (Å²) in [6.45, 7) is -0.334. The van der Waals surface area contributed by atoms with Gasteiger partial charge in [-0.25, -0.2) is 4.39 Å². The minimum atomic E-state index is -0.646. The van der Waals surface area contributed by atoms with Crippen LogP contribution < -0.4 is 10.2 Å². The van der Waals surface area contributed by atoms with E-state index in [2.05, 4.69) is 5.32 Å². The number of anilines is 2. The zero-order valence-electron chi connectivity index (χ0n) is 13.9. The number of hydrogen-bond acceptors (Lipinski definition) is 4. The Morgan fingerprint density at radius 3 is 2.54 bits per heavy atom. The Bertz CT molecular complexity index is 825. The Morgan fingerprint density at radius 2 is 1.81 bits per heavy atom. The van der Waals surface area contributed by atoms with Crippen molar-refractivity contribution < 1.29 is 23.5 Å². The van der Waals surface area contributed by atoms with E-state index in [9.17, 15) is 18.8 Å². The van der Waals surface area contributed by atoms with Gasteiger partial charge in [-0.3, -0.25) is 14.4 Å². The molecule has 0 bridgehead atoms. The number of nitrogens with zero attached hydrogens (tertiary/aromatic N) is 1. The molecule has 1 N–H and O–H groups in total. The van der Waals surface area contributed by atoms with Crippen molar-refractivity contribution in [2.45, 2.75) is 6.42 Å². The summed E-state index contributed by atoms with van der Waals surface area (Å²) in [5, 5.41) is 2.33. The van der Waals surface area contributed by atoms with E-state index in [0.717, 1.165) is 0 Å². The van der Waals surface area contributed by atoms with E-state index in [1.54, 1.807) is 30.3 Å². The van der Waals surface area contributed by atoms with Crippen LogP contribution in [0.2, 0.25) is 0 Å². The van der Waals surface area contributed by atoms with Crippen molar-refractivity contribution in [3.05, 3.63) is 60.4 Å². The van der Waals surface area contributed by atoms with Crippen LogP contribution in [-0.2, 0) is 19.1 Å². The van der Waals surface area contributed by atoms with Gasteiger partial charge in [-0.2, -0.15) is 0 Å². The van der Waals surface area contributed by atoms with Gasteiger partial charge in [-0.1, -0.05) is 30.3 Å². The molecule has 0 unspecified atom stereocenters. The first-order valence-corrected chi connectivity index (χ1v) is 8.11. The Balaban J connectivity index is 1.52. The normalized spacial score (nSPS) is 16.4. The summed E-state index contributed by atoms with van der Waals surface area (Å²) < 4.78 is 18.5. The maximum Gasteiger partial charge on any atom is 0.311 e. The molecule has 134 valence electrons. The summed E-state index contributed by atoms with van der Waals surface area (Å²) in [5.41, 5.74) is 0.727. The van der Waals surface area contributed by atoms with Gasteiger partial charge >= 0.3 is 5.97 Å². The molecule has 1 aliphatic heterocycles. The van der Waals surface area contributed by atoms with Crippen LogP contribution in [-0.4, -0.2) is 30.9 Å². The molecule has 0 radical (unpaired) electrons. The molecule has 26 heavy (non-hydrogen) atoms. The minimum absolute atomic E-state index is 0.0137. The quantitative estimate of drug-likeness (QED) is 0.835. The van der Waals surface area contributed by atoms with Crippen LogP contribution in [0.5, 0.6) is 0 Å². The first kappa shape index (κ1) is 17.6. The molecule has 7 heteroatoms. The van der Waals surface area contributed by atoms with Crippen molar-refractivity contribution in [2.24, 2.45) is 5.92 Å². The van der Waals surface area contributed by atoms with E-state index in [4.69, 9.17) is 4.74 Å². The first-order valence-electron chi connectivity index (χ1n) is 8.11. The number of carbonyl (C=O) groups is 3. The Hall–Kier alpha value is -3.22. The SMILES string of the molecule is O=C(COC(=O)[C@H]1CC(=O)N(c2ccccc2)C1)Nc1ccccc1F. The summed E-state index contributed by atoms with van der Waals surface area (Å²) in [5.74, 6) is -2.65. The maximum absolute atomic E-state index is 13.5. The van der Waals surface area contributed by atoms with E-state index in [1.807, 2.05) is 6.07 Å². The van der Waals surface area contributed by atoms with Crippen LogP contribution in [0.4, 0.5) is 15.8 Å². The fourth-order valence-corrected chi connectivity index (χ4v) is 2.73. The molecular formula is C19H17FN2O4.